The Labute approximate surface area is 157 Å². The molecule has 0 fully saturated rings. The Morgan fingerprint density at radius 2 is 1.65 bits per heavy atom. The molecule has 1 unspecified atom stereocenters. The third-order valence-electron chi connectivity index (χ3n) is 3.76. The number of rotatable bonds is 5. The van der Waals surface area contributed by atoms with Gasteiger partial charge in [-0.25, -0.2) is 4.39 Å². The molecule has 0 bridgehead atoms. The zero-order valence-corrected chi connectivity index (χ0v) is 15.3. The molecule has 2 amide bonds. The first kappa shape index (κ1) is 19.5. The Morgan fingerprint density at radius 3 is 2.31 bits per heavy atom. The van der Waals surface area contributed by atoms with Crippen LogP contribution in [0, 0.1) is 5.82 Å². The number of thiocarbonyl (C=S) groups is 1. The summed E-state index contributed by atoms with van der Waals surface area (Å²) in [6.07, 6.45) is 0.804. The molecule has 0 spiro atoms. The number of carbonyl (C=O) groups is 2. The predicted octanol–water partition coefficient (Wildman–Crippen LogP) is 3.48. The number of anilines is 1. The number of hydrogen-bond donors (Lipinski definition) is 3. The van der Waals surface area contributed by atoms with E-state index in [9.17, 15) is 14.0 Å². The molecule has 2 aromatic rings. The van der Waals surface area contributed by atoms with E-state index in [-0.39, 0.29) is 22.6 Å². The number of hydrogen-bond acceptors (Lipinski definition) is 3. The highest BCUT2D eigenvalue weighted by molar-refractivity contribution is 7.80. The van der Waals surface area contributed by atoms with Gasteiger partial charge in [0, 0.05) is 6.04 Å². The third kappa shape index (κ3) is 5.10. The van der Waals surface area contributed by atoms with Crippen molar-refractivity contribution in [3.8, 4) is 0 Å². The largest absolute Gasteiger partial charge is 0.350 e. The molecular formula is C19H20FN3O2S. The van der Waals surface area contributed by atoms with E-state index < -0.39 is 11.7 Å². The third-order valence-corrected chi connectivity index (χ3v) is 3.96. The normalized spacial score (nSPS) is 11.3. The summed E-state index contributed by atoms with van der Waals surface area (Å²) in [4.78, 5) is 24.5. The van der Waals surface area contributed by atoms with Crippen molar-refractivity contribution >= 4 is 34.8 Å². The van der Waals surface area contributed by atoms with Gasteiger partial charge in [-0.3, -0.25) is 14.9 Å². The minimum atomic E-state index is -0.665. The molecule has 26 heavy (non-hydrogen) atoms. The van der Waals surface area contributed by atoms with Crippen molar-refractivity contribution in [1.82, 2.24) is 10.6 Å². The molecule has 5 nitrogen and oxygen atoms in total. The lowest BCUT2D eigenvalue weighted by Gasteiger charge is -2.16. The minimum absolute atomic E-state index is 0.0259. The van der Waals surface area contributed by atoms with E-state index in [1.165, 1.54) is 18.2 Å². The maximum Gasteiger partial charge on any atom is 0.260 e. The Bertz CT molecular complexity index is 826. The summed E-state index contributed by atoms with van der Waals surface area (Å²) >= 11 is 5.12. The summed E-state index contributed by atoms with van der Waals surface area (Å²) in [5.41, 5.74) is 0.738. The highest BCUT2D eigenvalue weighted by Gasteiger charge is 2.16. The molecule has 0 aliphatic carbocycles. The molecule has 7 heteroatoms. The van der Waals surface area contributed by atoms with Gasteiger partial charge >= 0.3 is 0 Å². The summed E-state index contributed by atoms with van der Waals surface area (Å²) in [6.45, 7) is 3.88. The molecule has 1 atom stereocenters. The molecule has 0 saturated heterocycles. The highest BCUT2D eigenvalue weighted by Crippen LogP contribution is 2.15. The van der Waals surface area contributed by atoms with E-state index in [2.05, 4.69) is 16.0 Å². The van der Waals surface area contributed by atoms with Crippen LogP contribution in [-0.4, -0.2) is 23.0 Å². The number of benzene rings is 2. The molecular weight excluding hydrogens is 353 g/mol. The van der Waals surface area contributed by atoms with Gasteiger partial charge in [0.2, 0.25) is 0 Å². The van der Waals surface area contributed by atoms with Crippen LogP contribution in [0.25, 0.3) is 0 Å². The van der Waals surface area contributed by atoms with Crippen LogP contribution in [0.3, 0.4) is 0 Å². The monoisotopic (exact) mass is 373 g/mol. The second kappa shape index (κ2) is 9.05. The van der Waals surface area contributed by atoms with E-state index in [0.29, 0.717) is 11.3 Å². The molecule has 2 aromatic carbocycles. The first-order valence-electron chi connectivity index (χ1n) is 8.19. The molecule has 136 valence electrons. The van der Waals surface area contributed by atoms with Crippen molar-refractivity contribution in [3.05, 3.63) is 65.5 Å². The topological polar surface area (TPSA) is 70.2 Å². The van der Waals surface area contributed by atoms with Crippen molar-refractivity contribution in [3.63, 3.8) is 0 Å². The Kier molecular flexibility index (Phi) is 6.80. The average molecular weight is 373 g/mol. The van der Waals surface area contributed by atoms with Gasteiger partial charge in [0.25, 0.3) is 11.8 Å². The van der Waals surface area contributed by atoms with Crippen LogP contribution in [0.2, 0.25) is 0 Å². The van der Waals surface area contributed by atoms with Crippen molar-refractivity contribution in [2.75, 3.05) is 5.32 Å². The van der Waals surface area contributed by atoms with Crippen LogP contribution >= 0.6 is 12.2 Å². The van der Waals surface area contributed by atoms with E-state index in [0.717, 1.165) is 6.42 Å². The lowest BCUT2D eigenvalue weighted by Crippen LogP contribution is -2.36. The predicted molar refractivity (Wildman–Crippen MR) is 104 cm³/mol. The Hall–Kier alpha value is -2.80. The van der Waals surface area contributed by atoms with Crippen LogP contribution in [0.1, 0.15) is 41.0 Å². The number of carbonyl (C=O) groups excluding carboxylic acids is 2. The van der Waals surface area contributed by atoms with E-state index >= 15 is 0 Å². The lowest BCUT2D eigenvalue weighted by atomic mass is 10.1. The first-order valence-corrected chi connectivity index (χ1v) is 8.60. The molecule has 0 heterocycles. The zero-order valence-electron chi connectivity index (χ0n) is 14.5. The smallest absolute Gasteiger partial charge is 0.260 e. The van der Waals surface area contributed by atoms with Crippen LogP contribution in [0.5, 0.6) is 0 Å². The molecule has 2 rings (SSSR count). The van der Waals surface area contributed by atoms with Gasteiger partial charge in [-0.05, 0) is 49.8 Å². The minimum Gasteiger partial charge on any atom is -0.350 e. The maximum absolute atomic E-state index is 13.7. The Morgan fingerprint density at radius 1 is 1.04 bits per heavy atom. The standard InChI is InChI=1S/C19H20FN3O2S/c1-3-12(2)21-18(25)14-9-5-7-11-16(14)22-19(26)23-17(24)13-8-4-6-10-15(13)20/h4-12H,3H2,1-2H3,(H,21,25)(H2,22,23,24,26). The van der Waals surface area contributed by atoms with Crippen molar-refractivity contribution in [2.45, 2.75) is 26.3 Å². The van der Waals surface area contributed by atoms with Crippen molar-refractivity contribution in [1.29, 1.82) is 0 Å². The van der Waals surface area contributed by atoms with E-state index in [4.69, 9.17) is 12.2 Å². The second-order valence-electron chi connectivity index (χ2n) is 5.72. The van der Waals surface area contributed by atoms with Gasteiger partial charge in [-0.2, -0.15) is 0 Å². The summed E-state index contributed by atoms with van der Waals surface area (Å²) in [6, 6.07) is 12.4. The van der Waals surface area contributed by atoms with Gasteiger partial charge in [0.15, 0.2) is 5.11 Å². The molecule has 0 aliphatic rings. The molecule has 0 aromatic heterocycles. The first-order chi connectivity index (χ1) is 12.4. The SMILES string of the molecule is CCC(C)NC(=O)c1ccccc1NC(=S)NC(=O)c1ccccc1F. The van der Waals surface area contributed by atoms with Gasteiger partial charge in [-0.1, -0.05) is 31.2 Å². The van der Waals surface area contributed by atoms with Crippen LogP contribution in [0.15, 0.2) is 48.5 Å². The maximum atomic E-state index is 13.7. The quantitative estimate of drug-likeness (QED) is 0.702. The van der Waals surface area contributed by atoms with Gasteiger partial charge in [0.1, 0.15) is 5.82 Å². The molecule has 0 saturated carbocycles. The highest BCUT2D eigenvalue weighted by atomic mass is 32.1. The Balaban J connectivity index is 2.09. The summed E-state index contributed by atoms with van der Waals surface area (Å²) in [7, 11) is 0. The molecule has 3 N–H and O–H groups in total. The number of nitrogens with one attached hydrogen (secondary N) is 3. The fourth-order valence-corrected chi connectivity index (χ4v) is 2.37. The van der Waals surface area contributed by atoms with Gasteiger partial charge in [-0.15, -0.1) is 0 Å². The summed E-state index contributed by atoms with van der Waals surface area (Å²) in [5, 5.41) is 8.08. The van der Waals surface area contributed by atoms with E-state index in [1.807, 2.05) is 13.8 Å². The van der Waals surface area contributed by atoms with Crippen molar-refractivity contribution in [2.24, 2.45) is 0 Å². The fourth-order valence-electron chi connectivity index (χ4n) is 2.16. The number of amides is 2. The van der Waals surface area contributed by atoms with Crippen LogP contribution in [-0.2, 0) is 0 Å². The van der Waals surface area contributed by atoms with Crippen LogP contribution < -0.4 is 16.0 Å². The molecule has 0 aliphatic heterocycles. The molecule has 0 radical (unpaired) electrons. The average Bonchev–Trinajstić information content (AvgIpc) is 2.62. The summed E-state index contributed by atoms with van der Waals surface area (Å²) < 4.78 is 13.7. The van der Waals surface area contributed by atoms with Gasteiger partial charge in [0.05, 0.1) is 16.8 Å². The number of halogens is 1. The van der Waals surface area contributed by atoms with E-state index in [1.54, 1.807) is 30.3 Å². The summed E-state index contributed by atoms with van der Waals surface area (Å²) in [5.74, 6) is -1.55. The fraction of sp³-hybridized carbons (Fsp3) is 0.211. The zero-order chi connectivity index (χ0) is 19.1. The van der Waals surface area contributed by atoms with Crippen molar-refractivity contribution < 1.29 is 14.0 Å². The second-order valence-corrected chi connectivity index (χ2v) is 6.12. The van der Waals surface area contributed by atoms with Crippen LogP contribution in [0.4, 0.5) is 10.1 Å². The lowest BCUT2D eigenvalue weighted by molar-refractivity contribution is 0.0938. The van der Waals surface area contributed by atoms with Gasteiger partial charge < -0.3 is 10.6 Å². The number of para-hydroxylation sites is 1.